The van der Waals surface area contributed by atoms with Gasteiger partial charge in [-0.3, -0.25) is 4.79 Å². The van der Waals surface area contributed by atoms with Crippen molar-refractivity contribution in [3.05, 3.63) is 63.1 Å². The van der Waals surface area contributed by atoms with Crippen LogP contribution in [0.1, 0.15) is 47.4 Å². The molecule has 0 aromatic heterocycles. The van der Waals surface area contributed by atoms with Gasteiger partial charge in [0.2, 0.25) is 12.2 Å². The van der Waals surface area contributed by atoms with Gasteiger partial charge in [-0.05, 0) is 54.7 Å². The molecule has 0 fully saturated rings. The minimum atomic E-state index is -1.37. The molecule has 0 aliphatic carbocycles. The Morgan fingerprint density at radius 3 is 2.44 bits per heavy atom. The van der Waals surface area contributed by atoms with Crippen LogP contribution in [0.25, 0.3) is 0 Å². The van der Waals surface area contributed by atoms with E-state index in [2.05, 4.69) is 20.9 Å². The summed E-state index contributed by atoms with van der Waals surface area (Å²) in [5, 5.41) is 46.2. The minimum absolute atomic E-state index is 0.0234. The largest absolute Gasteiger partial charge is 0.508 e. The monoisotopic (exact) mass is 535 g/mol. The summed E-state index contributed by atoms with van der Waals surface area (Å²) in [6.07, 6.45) is 2.23. The van der Waals surface area contributed by atoms with Gasteiger partial charge in [0.25, 0.3) is 5.91 Å². The lowest BCUT2D eigenvalue weighted by atomic mass is 10.00. The van der Waals surface area contributed by atoms with Crippen LogP contribution >= 0.6 is 23.2 Å². The molecule has 2 rings (SSSR count). The summed E-state index contributed by atoms with van der Waals surface area (Å²) in [5.41, 5.74) is 1.14. The van der Waals surface area contributed by atoms with E-state index in [1.165, 1.54) is 24.3 Å². The number of aliphatic imine (C=N–C) groups is 1. The van der Waals surface area contributed by atoms with Crippen molar-refractivity contribution in [2.24, 2.45) is 4.99 Å². The van der Waals surface area contributed by atoms with E-state index < -0.39 is 24.0 Å². The number of rotatable bonds is 11. The highest BCUT2D eigenvalue weighted by atomic mass is 35.5. The van der Waals surface area contributed by atoms with Crippen LogP contribution in [0.3, 0.4) is 0 Å². The Morgan fingerprint density at radius 2 is 1.86 bits per heavy atom. The molecule has 0 radical (unpaired) electrons. The van der Waals surface area contributed by atoms with E-state index in [1.807, 2.05) is 6.92 Å². The zero-order valence-electron chi connectivity index (χ0n) is 19.5. The van der Waals surface area contributed by atoms with E-state index in [0.29, 0.717) is 30.5 Å². The van der Waals surface area contributed by atoms with Gasteiger partial charge in [0.15, 0.2) is 0 Å². The van der Waals surface area contributed by atoms with Gasteiger partial charge in [0, 0.05) is 13.1 Å². The van der Waals surface area contributed by atoms with Crippen molar-refractivity contribution in [1.29, 1.82) is 5.26 Å². The quantitative estimate of drug-likeness (QED) is 0.145. The number of halogens is 2. The number of aliphatic hydroxyl groups is 1. The van der Waals surface area contributed by atoms with E-state index >= 15 is 0 Å². The van der Waals surface area contributed by atoms with Crippen molar-refractivity contribution in [1.82, 2.24) is 16.0 Å². The van der Waals surface area contributed by atoms with E-state index in [1.54, 1.807) is 18.3 Å². The highest BCUT2D eigenvalue weighted by Gasteiger charge is 2.24. The fourth-order valence-electron chi connectivity index (χ4n) is 3.25. The summed E-state index contributed by atoms with van der Waals surface area (Å²) < 4.78 is 0. The molecule has 1 amide bonds. The summed E-state index contributed by atoms with van der Waals surface area (Å²) in [5.74, 6) is -1.96. The van der Waals surface area contributed by atoms with Crippen LogP contribution in [0, 0.1) is 11.5 Å². The highest BCUT2D eigenvalue weighted by Crippen LogP contribution is 2.29. The summed E-state index contributed by atoms with van der Waals surface area (Å²) in [4.78, 5) is 28.0. The molecule has 6 N–H and O–H groups in total. The number of carboxylic acids is 1. The average molecular weight is 536 g/mol. The molecule has 192 valence electrons. The van der Waals surface area contributed by atoms with Crippen LogP contribution in [-0.4, -0.2) is 52.3 Å². The van der Waals surface area contributed by atoms with Crippen LogP contribution in [0.15, 0.2) is 41.4 Å². The molecule has 0 aliphatic heterocycles. The molecule has 0 aliphatic rings. The van der Waals surface area contributed by atoms with E-state index in [-0.39, 0.29) is 33.9 Å². The molecule has 0 saturated carbocycles. The molecule has 12 heteroatoms. The number of guanidine groups is 1. The predicted molar refractivity (Wildman–Crippen MR) is 136 cm³/mol. The van der Waals surface area contributed by atoms with Crippen molar-refractivity contribution in [3.63, 3.8) is 0 Å². The van der Waals surface area contributed by atoms with Crippen LogP contribution in [-0.2, 0) is 11.2 Å². The molecule has 36 heavy (non-hydrogen) atoms. The lowest BCUT2D eigenvalue weighted by Gasteiger charge is -2.18. The lowest BCUT2D eigenvalue weighted by molar-refractivity contribution is -0.139. The maximum absolute atomic E-state index is 12.8. The molecule has 1 unspecified atom stereocenters. The minimum Gasteiger partial charge on any atom is -0.508 e. The van der Waals surface area contributed by atoms with Gasteiger partial charge >= 0.3 is 5.97 Å². The van der Waals surface area contributed by atoms with Crippen LogP contribution in [0.2, 0.25) is 10.0 Å². The zero-order valence-corrected chi connectivity index (χ0v) is 21.0. The standard InChI is InChI=1S/C24H27Cl2N5O5/c1-2-8-28-24(30-13-27)29-12-19(23(35)36)31-22(34)21-17(25)9-14(10-18(21)26)6-7-20(33)15-4-3-5-16(32)11-15/h3-5,9-11,19-20,32-33H,2,6-8,12H2,1H3,(H,31,34)(H,35,36)(H2,28,29,30)/t19-,20?/m0/s1. The number of hydrogen-bond acceptors (Lipinski definition) is 6. The number of carbonyl (C=O) groups excluding carboxylic acids is 1. The number of hydrogen-bond donors (Lipinski definition) is 6. The summed E-state index contributed by atoms with van der Waals surface area (Å²) in [6, 6.07) is 7.99. The first-order valence-corrected chi connectivity index (χ1v) is 11.8. The number of amides is 1. The van der Waals surface area contributed by atoms with Crippen LogP contribution < -0.4 is 16.0 Å². The van der Waals surface area contributed by atoms with E-state index in [4.69, 9.17) is 28.5 Å². The maximum Gasteiger partial charge on any atom is 0.328 e. The smallest absolute Gasteiger partial charge is 0.328 e. The Labute approximate surface area is 218 Å². The topological polar surface area (TPSA) is 167 Å². The molecular weight excluding hydrogens is 509 g/mol. The van der Waals surface area contributed by atoms with Crippen molar-refractivity contribution in [3.8, 4) is 11.9 Å². The first kappa shape index (κ1) is 28.7. The number of aliphatic carboxylic acids is 1. The number of phenolic OH excluding ortho intramolecular Hbond substituents is 1. The van der Waals surface area contributed by atoms with Crippen molar-refractivity contribution in [2.45, 2.75) is 38.3 Å². The average Bonchev–Trinajstić information content (AvgIpc) is 2.82. The molecular formula is C24H27Cl2N5O5. The molecule has 0 spiro atoms. The second-order valence-electron chi connectivity index (χ2n) is 7.82. The number of carbonyl (C=O) groups is 2. The normalized spacial score (nSPS) is 12.8. The van der Waals surface area contributed by atoms with Gasteiger partial charge in [0.1, 0.15) is 11.8 Å². The predicted octanol–water partition coefficient (Wildman–Crippen LogP) is 2.97. The van der Waals surface area contributed by atoms with Gasteiger partial charge in [-0.2, -0.15) is 5.26 Å². The second kappa shape index (κ2) is 14.1. The summed E-state index contributed by atoms with van der Waals surface area (Å²) in [7, 11) is 0. The highest BCUT2D eigenvalue weighted by molar-refractivity contribution is 6.39. The van der Waals surface area contributed by atoms with Crippen molar-refractivity contribution < 1.29 is 24.9 Å². The van der Waals surface area contributed by atoms with Crippen LogP contribution in [0.4, 0.5) is 0 Å². The van der Waals surface area contributed by atoms with E-state index in [0.717, 1.165) is 6.42 Å². The van der Waals surface area contributed by atoms with Gasteiger partial charge in [0.05, 0.1) is 21.7 Å². The zero-order chi connectivity index (χ0) is 26.7. The number of nitriles is 1. The van der Waals surface area contributed by atoms with Crippen LogP contribution in [0.5, 0.6) is 5.75 Å². The maximum atomic E-state index is 12.8. The van der Waals surface area contributed by atoms with Crippen molar-refractivity contribution >= 4 is 41.0 Å². The first-order chi connectivity index (χ1) is 17.2. The van der Waals surface area contributed by atoms with Gasteiger partial charge in [-0.15, -0.1) is 4.99 Å². The molecule has 10 nitrogen and oxygen atoms in total. The number of nitrogens with one attached hydrogen (secondary N) is 3. The Morgan fingerprint density at radius 1 is 1.17 bits per heavy atom. The molecule has 0 bridgehead atoms. The summed E-state index contributed by atoms with van der Waals surface area (Å²) >= 11 is 12.6. The lowest BCUT2D eigenvalue weighted by Crippen LogP contribution is -2.50. The molecule has 2 aromatic carbocycles. The molecule has 2 aromatic rings. The SMILES string of the molecule is CCCN/C(=N/C#N)NC[C@H](NC(=O)c1c(Cl)cc(CCC(O)c2cccc(O)c2)cc1Cl)C(=O)O. The van der Waals surface area contributed by atoms with Crippen molar-refractivity contribution in [2.75, 3.05) is 13.1 Å². The Balaban J connectivity index is 2.07. The number of aromatic hydroxyl groups is 1. The number of carboxylic acid groups (broad SMARTS) is 1. The van der Waals surface area contributed by atoms with E-state index in [9.17, 15) is 24.9 Å². The number of aliphatic hydroxyl groups excluding tert-OH is 1. The summed E-state index contributed by atoms with van der Waals surface area (Å²) in [6.45, 7) is 2.17. The van der Waals surface area contributed by atoms with Gasteiger partial charge < -0.3 is 31.3 Å². The Hall–Kier alpha value is -3.52. The Kier molecular flexibility index (Phi) is 11.3. The third-order valence-electron chi connectivity index (χ3n) is 5.07. The first-order valence-electron chi connectivity index (χ1n) is 11.1. The number of nitrogens with zero attached hydrogens (tertiary/aromatic N) is 2. The van der Waals surface area contributed by atoms with Gasteiger partial charge in [-0.1, -0.05) is 42.3 Å². The Bertz CT molecular complexity index is 1130. The molecule has 0 saturated heterocycles. The third-order valence-corrected chi connectivity index (χ3v) is 5.67. The fraction of sp³-hybridized carbons (Fsp3) is 0.333. The number of aryl methyl sites for hydroxylation is 1. The second-order valence-corrected chi connectivity index (χ2v) is 8.63. The third kappa shape index (κ3) is 8.61. The number of phenols is 1. The van der Waals surface area contributed by atoms with Gasteiger partial charge in [-0.25, -0.2) is 4.79 Å². The fourth-order valence-corrected chi connectivity index (χ4v) is 3.96. The number of benzene rings is 2. The molecule has 2 atom stereocenters. The molecule has 0 heterocycles.